The number of hydrogen-bond donors (Lipinski definition) is 2. The van der Waals surface area contributed by atoms with E-state index in [0.29, 0.717) is 6.54 Å². The molecule has 116 valence electrons. The largest absolute Gasteiger partial charge is 0.444 e. The number of hydrogen-bond acceptors (Lipinski definition) is 3. The lowest BCUT2D eigenvalue weighted by atomic mass is 9.78. The summed E-state index contributed by atoms with van der Waals surface area (Å²) < 4.78 is 5.24. The Morgan fingerprint density at radius 2 is 2.10 bits per heavy atom. The standard InChI is InChI=1S/C16H23ClN2O2/c1-15(2,3)21-14(20)18-10-8-16(9-11-19-16)12-6-4-5-7-13(12)17/h4-7,19H,8-11H2,1-3H3,(H,18,20). The smallest absolute Gasteiger partial charge is 0.407 e. The zero-order valence-electron chi connectivity index (χ0n) is 12.8. The monoisotopic (exact) mass is 310 g/mol. The molecule has 1 aromatic carbocycles. The fourth-order valence-corrected chi connectivity index (χ4v) is 2.86. The van der Waals surface area contributed by atoms with E-state index in [1.807, 2.05) is 45.0 Å². The molecule has 1 unspecified atom stereocenters. The van der Waals surface area contributed by atoms with Gasteiger partial charge >= 0.3 is 6.09 Å². The highest BCUT2D eigenvalue weighted by Gasteiger charge is 2.39. The van der Waals surface area contributed by atoms with E-state index in [-0.39, 0.29) is 11.6 Å². The van der Waals surface area contributed by atoms with E-state index >= 15 is 0 Å². The molecule has 0 bridgehead atoms. The zero-order valence-corrected chi connectivity index (χ0v) is 13.6. The van der Waals surface area contributed by atoms with Crippen molar-refractivity contribution < 1.29 is 9.53 Å². The molecule has 1 aliphatic heterocycles. The van der Waals surface area contributed by atoms with Crippen LogP contribution in [0.25, 0.3) is 0 Å². The number of nitrogens with one attached hydrogen (secondary N) is 2. The molecule has 0 aromatic heterocycles. The van der Waals surface area contributed by atoms with Crippen molar-refractivity contribution in [2.75, 3.05) is 13.1 Å². The van der Waals surface area contributed by atoms with Crippen LogP contribution in [0.3, 0.4) is 0 Å². The molecule has 1 aliphatic rings. The van der Waals surface area contributed by atoms with Gasteiger partial charge in [0.25, 0.3) is 0 Å². The Hall–Kier alpha value is -1.26. The number of ether oxygens (including phenoxy) is 1. The Kier molecular flexibility index (Phi) is 4.79. The van der Waals surface area contributed by atoms with Gasteiger partial charge in [0, 0.05) is 17.1 Å². The van der Waals surface area contributed by atoms with Gasteiger partial charge in [-0.2, -0.15) is 0 Å². The van der Waals surface area contributed by atoms with Gasteiger partial charge in [0.1, 0.15) is 5.60 Å². The maximum Gasteiger partial charge on any atom is 0.407 e. The van der Waals surface area contributed by atoms with Crippen LogP contribution in [0.15, 0.2) is 24.3 Å². The molecule has 1 atom stereocenters. The molecule has 0 spiro atoms. The number of rotatable bonds is 4. The summed E-state index contributed by atoms with van der Waals surface area (Å²) in [5.41, 5.74) is 0.496. The Morgan fingerprint density at radius 1 is 1.43 bits per heavy atom. The van der Waals surface area contributed by atoms with Crippen LogP contribution in [0.5, 0.6) is 0 Å². The first-order valence-electron chi connectivity index (χ1n) is 7.29. The maximum absolute atomic E-state index is 11.7. The average Bonchev–Trinajstić information content (AvgIpc) is 2.31. The van der Waals surface area contributed by atoms with E-state index in [4.69, 9.17) is 16.3 Å². The van der Waals surface area contributed by atoms with E-state index in [1.165, 1.54) is 0 Å². The van der Waals surface area contributed by atoms with Gasteiger partial charge in [-0.15, -0.1) is 0 Å². The van der Waals surface area contributed by atoms with E-state index in [0.717, 1.165) is 30.0 Å². The topological polar surface area (TPSA) is 50.4 Å². The van der Waals surface area contributed by atoms with E-state index in [2.05, 4.69) is 10.6 Å². The normalized spacial score (nSPS) is 21.5. The third kappa shape index (κ3) is 4.11. The molecule has 4 nitrogen and oxygen atoms in total. The van der Waals surface area contributed by atoms with Gasteiger partial charge in [-0.05, 0) is 51.8 Å². The highest BCUT2D eigenvalue weighted by molar-refractivity contribution is 6.31. The second-order valence-electron chi connectivity index (χ2n) is 6.42. The first kappa shape index (κ1) is 16.1. The summed E-state index contributed by atoms with van der Waals surface area (Å²) in [7, 11) is 0. The summed E-state index contributed by atoms with van der Waals surface area (Å²) in [6.45, 7) is 7.08. The van der Waals surface area contributed by atoms with Crippen molar-refractivity contribution in [1.82, 2.24) is 10.6 Å². The number of benzene rings is 1. The van der Waals surface area contributed by atoms with E-state index in [1.54, 1.807) is 0 Å². The van der Waals surface area contributed by atoms with Crippen molar-refractivity contribution in [2.24, 2.45) is 0 Å². The van der Waals surface area contributed by atoms with Gasteiger partial charge in [0.05, 0.1) is 0 Å². The maximum atomic E-state index is 11.7. The highest BCUT2D eigenvalue weighted by Crippen LogP contribution is 2.38. The minimum Gasteiger partial charge on any atom is -0.444 e. The molecular weight excluding hydrogens is 288 g/mol. The van der Waals surface area contributed by atoms with Crippen molar-refractivity contribution >= 4 is 17.7 Å². The van der Waals surface area contributed by atoms with Crippen LogP contribution in [0.1, 0.15) is 39.2 Å². The fourth-order valence-electron chi connectivity index (χ4n) is 2.55. The van der Waals surface area contributed by atoms with Crippen LogP contribution >= 0.6 is 11.6 Å². The quantitative estimate of drug-likeness (QED) is 0.895. The summed E-state index contributed by atoms with van der Waals surface area (Å²) in [4.78, 5) is 11.7. The van der Waals surface area contributed by atoms with Crippen molar-refractivity contribution in [3.05, 3.63) is 34.9 Å². The van der Waals surface area contributed by atoms with Gasteiger partial charge in [0.2, 0.25) is 0 Å². The lowest BCUT2D eigenvalue weighted by molar-refractivity contribution is 0.0517. The number of carbonyl (C=O) groups excluding carboxylic acids is 1. The lowest BCUT2D eigenvalue weighted by Gasteiger charge is -2.44. The van der Waals surface area contributed by atoms with Crippen molar-refractivity contribution in [1.29, 1.82) is 0 Å². The number of alkyl carbamates (subject to hydrolysis) is 1. The first-order valence-corrected chi connectivity index (χ1v) is 7.67. The third-order valence-electron chi connectivity index (χ3n) is 3.62. The summed E-state index contributed by atoms with van der Waals surface area (Å²) in [6.07, 6.45) is 1.43. The molecule has 1 fully saturated rings. The van der Waals surface area contributed by atoms with Gasteiger partial charge in [-0.1, -0.05) is 29.8 Å². The van der Waals surface area contributed by atoms with Crippen molar-refractivity contribution in [3.8, 4) is 0 Å². The molecule has 1 amide bonds. The Balaban J connectivity index is 1.92. The van der Waals surface area contributed by atoms with Crippen LogP contribution in [-0.4, -0.2) is 24.8 Å². The number of amides is 1. The predicted octanol–water partition coefficient (Wildman–Crippen LogP) is 3.44. The molecule has 2 rings (SSSR count). The van der Waals surface area contributed by atoms with Crippen molar-refractivity contribution in [3.63, 3.8) is 0 Å². The van der Waals surface area contributed by atoms with Crippen LogP contribution in [-0.2, 0) is 10.3 Å². The van der Waals surface area contributed by atoms with Crippen LogP contribution in [0.2, 0.25) is 5.02 Å². The van der Waals surface area contributed by atoms with E-state index in [9.17, 15) is 4.79 Å². The van der Waals surface area contributed by atoms with Crippen LogP contribution < -0.4 is 10.6 Å². The molecule has 21 heavy (non-hydrogen) atoms. The van der Waals surface area contributed by atoms with Gasteiger partial charge < -0.3 is 15.4 Å². The number of carbonyl (C=O) groups is 1. The fraction of sp³-hybridized carbons (Fsp3) is 0.562. The Bertz CT molecular complexity index is 507. The minimum atomic E-state index is -0.473. The predicted molar refractivity (Wildman–Crippen MR) is 84.6 cm³/mol. The molecule has 0 saturated carbocycles. The second-order valence-corrected chi connectivity index (χ2v) is 6.82. The summed E-state index contributed by atoms with van der Waals surface area (Å²) in [5.74, 6) is 0. The Labute approximate surface area is 131 Å². The van der Waals surface area contributed by atoms with E-state index < -0.39 is 5.60 Å². The average molecular weight is 311 g/mol. The third-order valence-corrected chi connectivity index (χ3v) is 3.95. The lowest BCUT2D eigenvalue weighted by Crippen LogP contribution is -2.55. The first-order chi connectivity index (χ1) is 9.82. The molecule has 5 heteroatoms. The molecule has 0 radical (unpaired) electrons. The molecule has 1 heterocycles. The minimum absolute atomic E-state index is 0.132. The van der Waals surface area contributed by atoms with Crippen molar-refractivity contribution in [2.45, 2.75) is 44.8 Å². The molecule has 0 aliphatic carbocycles. The zero-order chi connectivity index (χ0) is 15.5. The van der Waals surface area contributed by atoms with Gasteiger partial charge in [-0.3, -0.25) is 0 Å². The summed E-state index contributed by atoms with van der Waals surface area (Å²) in [6, 6.07) is 7.86. The molecule has 2 N–H and O–H groups in total. The SMILES string of the molecule is CC(C)(C)OC(=O)NCCC1(c2ccccc2Cl)CCN1. The second kappa shape index (κ2) is 6.24. The Morgan fingerprint density at radius 3 is 2.62 bits per heavy atom. The van der Waals surface area contributed by atoms with Gasteiger partial charge in [-0.25, -0.2) is 4.79 Å². The van der Waals surface area contributed by atoms with Crippen LogP contribution in [0.4, 0.5) is 4.79 Å². The number of halogens is 1. The molecule has 1 saturated heterocycles. The summed E-state index contributed by atoms with van der Waals surface area (Å²) in [5, 5.41) is 7.04. The van der Waals surface area contributed by atoms with Crippen LogP contribution in [0, 0.1) is 0 Å². The molecular formula is C16H23ClN2O2. The highest BCUT2D eigenvalue weighted by atomic mass is 35.5. The van der Waals surface area contributed by atoms with Gasteiger partial charge in [0.15, 0.2) is 0 Å². The molecule has 1 aromatic rings. The summed E-state index contributed by atoms with van der Waals surface area (Å²) >= 11 is 6.30.